The number of benzene rings is 1. The number of anilines is 1. The zero-order valence-electron chi connectivity index (χ0n) is 8.74. The first-order chi connectivity index (χ1) is 7.22. The van der Waals surface area contributed by atoms with Gasteiger partial charge in [-0.2, -0.15) is 0 Å². The summed E-state index contributed by atoms with van der Waals surface area (Å²) in [5.74, 6) is 0. The summed E-state index contributed by atoms with van der Waals surface area (Å²) in [6.45, 7) is 0. The Morgan fingerprint density at radius 3 is 2.73 bits per heavy atom. The molecule has 1 aromatic carbocycles. The van der Waals surface area contributed by atoms with Crippen LogP contribution in [0.4, 0.5) is 5.69 Å². The van der Waals surface area contributed by atoms with E-state index >= 15 is 0 Å². The van der Waals surface area contributed by atoms with Crippen molar-refractivity contribution in [1.29, 1.82) is 0 Å². The summed E-state index contributed by atoms with van der Waals surface area (Å²) in [7, 11) is 2.03. The molecule has 0 atom stereocenters. The topological polar surface area (TPSA) is 20.3 Å². The van der Waals surface area contributed by atoms with E-state index in [1.165, 1.54) is 19.3 Å². The standard InChI is InChI=1S/C12H14ClNO/c1-14(11-3-2-4-11)12-7-10(13)6-5-9(12)8-15/h5-8,11H,2-4H2,1H3. The lowest BCUT2D eigenvalue weighted by Gasteiger charge is -2.37. The molecule has 0 saturated heterocycles. The molecule has 0 bridgehead atoms. The van der Waals surface area contributed by atoms with Gasteiger partial charge >= 0.3 is 0 Å². The highest BCUT2D eigenvalue weighted by Crippen LogP contribution is 2.31. The smallest absolute Gasteiger partial charge is 0.152 e. The van der Waals surface area contributed by atoms with E-state index in [1.807, 2.05) is 13.1 Å². The maximum atomic E-state index is 10.9. The van der Waals surface area contributed by atoms with E-state index in [2.05, 4.69) is 4.90 Å². The number of nitrogens with zero attached hydrogens (tertiary/aromatic N) is 1. The Morgan fingerprint density at radius 2 is 2.20 bits per heavy atom. The predicted octanol–water partition coefficient (Wildman–Crippen LogP) is 3.14. The maximum absolute atomic E-state index is 10.9. The van der Waals surface area contributed by atoms with Gasteiger partial charge in [-0.3, -0.25) is 4.79 Å². The van der Waals surface area contributed by atoms with Crippen LogP contribution in [0.15, 0.2) is 18.2 Å². The van der Waals surface area contributed by atoms with E-state index in [-0.39, 0.29) is 0 Å². The molecule has 0 unspecified atom stereocenters. The van der Waals surface area contributed by atoms with Crippen LogP contribution in [-0.4, -0.2) is 19.4 Å². The van der Waals surface area contributed by atoms with Crippen molar-refractivity contribution in [2.24, 2.45) is 0 Å². The van der Waals surface area contributed by atoms with Gasteiger partial charge in [-0.1, -0.05) is 11.6 Å². The van der Waals surface area contributed by atoms with Crippen LogP contribution in [0.2, 0.25) is 5.02 Å². The van der Waals surface area contributed by atoms with Gasteiger partial charge in [-0.25, -0.2) is 0 Å². The average molecular weight is 224 g/mol. The minimum atomic E-state index is 0.571. The van der Waals surface area contributed by atoms with Crippen molar-refractivity contribution in [2.45, 2.75) is 25.3 Å². The zero-order chi connectivity index (χ0) is 10.8. The average Bonchev–Trinajstić information content (AvgIpc) is 2.15. The number of hydrogen-bond acceptors (Lipinski definition) is 2. The van der Waals surface area contributed by atoms with Crippen molar-refractivity contribution in [2.75, 3.05) is 11.9 Å². The highest BCUT2D eigenvalue weighted by Gasteiger charge is 2.23. The van der Waals surface area contributed by atoms with Gasteiger partial charge in [0.2, 0.25) is 0 Å². The predicted molar refractivity (Wildman–Crippen MR) is 62.9 cm³/mol. The molecular formula is C12H14ClNO. The normalized spacial score (nSPS) is 15.9. The first-order valence-electron chi connectivity index (χ1n) is 5.20. The van der Waals surface area contributed by atoms with Crippen LogP contribution in [0.1, 0.15) is 29.6 Å². The maximum Gasteiger partial charge on any atom is 0.152 e. The molecule has 0 aliphatic heterocycles. The molecule has 15 heavy (non-hydrogen) atoms. The number of halogens is 1. The summed E-state index contributed by atoms with van der Waals surface area (Å²) in [5.41, 5.74) is 1.66. The van der Waals surface area contributed by atoms with E-state index in [0.29, 0.717) is 16.6 Å². The molecule has 2 rings (SSSR count). The number of rotatable bonds is 3. The zero-order valence-corrected chi connectivity index (χ0v) is 9.50. The van der Waals surface area contributed by atoms with E-state index in [9.17, 15) is 4.79 Å². The van der Waals surface area contributed by atoms with Crippen LogP contribution in [-0.2, 0) is 0 Å². The Hall–Kier alpha value is -1.02. The van der Waals surface area contributed by atoms with Crippen LogP contribution in [0.3, 0.4) is 0 Å². The lowest BCUT2D eigenvalue weighted by molar-refractivity contribution is 0.112. The lowest BCUT2D eigenvalue weighted by atomic mass is 9.91. The third-order valence-electron chi connectivity index (χ3n) is 3.12. The van der Waals surface area contributed by atoms with Crippen molar-refractivity contribution < 1.29 is 4.79 Å². The summed E-state index contributed by atoms with van der Waals surface area (Å²) in [6, 6.07) is 5.97. The number of hydrogen-bond donors (Lipinski definition) is 0. The Balaban J connectivity index is 2.31. The molecule has 0 heterocycles. The van der Waals surface area contributed by atoms with Gasteiger partial charge in [0, 0.05) is 29.4 Å². The molecule has 1 aliphatic rings. The first-order valence-corrected chi connectivity index (χ1v) is 5.57. The van der Waals surface area contributed by atoms with Crippen LogP contribution in [0, 0.1) is 0 Å². The molecule has 3 heteroatoms. The SMILES string of the molecule is CN(c1cc(Cl)ccc1C=O)C1CCC1. The van der Waals surface area contributed by atoms with Crippen LogP contribution < -0.4 is 4.90 Å². The first kappa shape index (κ1) is 10.5. The number of carbonyl (C=O) groups excluding carboxylic acids is 1. The molecule has 80 valence electrons. The van der Waals surface area contributed by atoms with Crippen LogP contribution >= 0.6 is 11.6 Å². The Bertz CT molecular complexity index is 374. The second-order valence-corrected chi connectivity index (χ2v) is 4.45. The minimum Gasteiger partial charge on any atom is -0.371 e. The lowest BCUT2D eigenvalue weighted by Crippen LogP contribution is -2.37. The molecule has 1 saturated carbocycles. The van der Waals surface area contributed by atoms with Gasteiger partial charge in [0.1, 0.15) is 0 Å². The minimum absolute atomic E-state index is 0.571. The second-order valence-electron chi connectivity index (χ2n) is 4.02. The monoisotopic (exact) mass is 223 g/mol. The molecule has 0 spiro atoms. The quantitative estimate of drug-likeness (QED) is 0.734. The fourth-order valence-electron chi connectivity index (χ4n) is 1.89. The summed E-state index contributed by atoms with van der Waals surface area (Å²) >= 11 is 5.94. The third-order valence-corrected chi connectivity index (χ3v) is 3.36. The molecule has 0 aromatic heterocycles. The van der Waals surface area contributed by atoms with E-state index in [1.54, 1.807) is 12.1 Å². The molecule has 0 N–H and O–H groups in total. The molecule has 1 fully saturated rings. The van der Waals surface area contributed by atoms with Crippen molar-refractivity contribution in [3.8, 4) is 0 Å². The van der Waals surface area contributed by atoms with Gasteiger partial charge in [0.15, 0.2) is 6.29 Å². The Morgan fingerprint density at radius 1 is 1.47 bits per heavy atom. The fraction of sp³-hybridized carbons (Fsp3) is 0.417. The van der Waals surface area contributed by atoms with Gasteiger partial charge < -0.3 is 4.90 Å². The van der Waals surface area contributed by atoms with Gasteiger partial charge in [-0.05, 0) is 37.5 Å². The van der Waals surface area contributed by atoms with E-state index in [4.69, 9.17) is 11.6 Å². The number of carbonyl (C=O) groups is 1. The largest absolute Gasteiger partial charge is 0.371 e. The summed E-state index contributed by atoms with van der Waals surface area (Å²) in [4.78, 5) is 13.1. The Kier molecular flexibility index (Phi) is 2.96. The second kappa shape index (κ2) is 4.23. The molecular weight excluding hydrogens is 210 g/mol. The Labute approximate surface area is 94.8 Å². The highest BCUT2D eigenvalue weighted by molar-refractivity contribution is 6.31. The third kappa shape index (κ3) is 2.00. The van der Waals surface area contributed by atoms with E-state index < -0.39 is 0 Å². The molecule has 0 amide bonds. The summed E-state index contributed by atoms with van der Waals surface area (Å²) in [5, 5.41) is 0.682. The molecule has 2 nitrogen and oxygen atoms in total. The molecule has 0 radical (unpaired) electrons. The molecule has 1 aliphatic carbocycles. The van der Waals surface area contributed by atoms with Crippen LogP contribution in [0.5, 0.6) is 0 Å². The summed E-state index contributed by atoms with van der Waals surface area (Å²) in [6.07, 6.45) is 4.59. The number of aldehydes is 1. The van der Waals surface area contributed by atoms with Crippen molar-refractivity contribution in [1.82, 2.24) is 0 Å². The van der Waals surface area contributed by atoms with Gasteiger partial charge in [0.05, 0.1) is 0 Å². The van der Waals surface area contributed by atoms with Crippen molar-refractivity contribution in [3.63, 3.8) is 0 Å². The van der Waals surface area contributed by atoms with Gasteiger partial charge in [-0.15, -0.1) is 0 Å². The summed E-state index contributed by atoms with van der Waals surface area (Å²) < 4.78 is 0. The molecule has 1 aromatic rings. The van der Waals surface area contributed by atoms with Crippen LogP contribution in [0.25, 0.3) is 0 Å². The van der Waals surface area contributed by atoms with Gasteiger partial charge in [0.25, 0.3) is 0 Å². The van der Waals surface area contributed by atoms with Crippen molar-refractivity contribution in [3.05, 3.63) is 28.8 Å². The van der Waals surface area contributed by atoms with E-state index in [0.717, 1.165) is 12.0 Å². The highest BCUT2D eigenvalue weighted by atomic mass is 35.5. The van der Waals surface area contributed by atoms with Crippen molar-refractivity contribution >= 4 is 23.6 Å². The fourth-order valence-corrected chi connectivity index (χ4v) is 2.06.